The molecule has 3 atom stereocenters. The molecule has 1 aromatic heterocycles. The van der Waals surface area contributed by atoms with Gasteiger partial charge >= 0.3 is 6.18 Å². The Bertz CT molecular complexity index is 944. The highest BCUT2D eigenvalue weighted by Crippen LogP contribution is 2.47. The second-order valence-electron chi connectivity index (χ2n) is 7.89. The summed E-state index contributed by atoms with van der Waals surface area (Å²) in [5.74, 6) is 1.22. The molecule has 7 heteroatoms. The topological polar surface area (TPSA) is 39.2 Å². The zero-order valence-electron chi connectivity index (χ0n) is 15.9. The van der Waals surface area contributed by atoms with E-state index in [0.717, 1.165) is 49.3 Å². The number of nitrogens with zero attached hydrogens (tertiary/aromatic N) is 1. The molecule has 4 rings (SSSR count). The normalized spacial score (nSPS) is 24.0. The number of Topliss-reactive ketones (excluding diaryl/α,β-unsaturated/α-hetero) is 1. The summed E-state index contributed by atoms with van der Waals surface area (Å²) in [6.07, 6.45) is 0.895. The van der Waals surface area contributed by atoms with E-state index in [1.807, 2.05) is 19.1 Å². The van der Waals surface area contributed by atoms with Crippen molar-refractivity contribution in [3.63, 3.8) is 0 Å². The second kappa shape index (κ2) is 7.63. The predicted octanol–water partition coefficient (Wildman–Crippen LogP) is 6.58. The molecule has 2 saturated carbocycles. The Hall–Kier alpha value is -2.08. The van der Waals surface area contributed by atoms with Crippen LogP contribution in [0.5, 0.6) is 11.6 Å². The number of rotatable bonds is 4. The Morgan fingerprint density at radius 1 is 1.21 bits per heavy atom. The molecule has 2 bridgehead atoms. The molecule has 3 nitrogen and oxygen atoms in total. The molecule has 0 spiro atoms. The summed E-state index contributed by atoms with van der Waals surface area (Å²) in [7, 11) is 0. The van der Waals surface area contributed by atoms with Crippen LogP contribution in [0.15, 0.2) is 30.5 Å². The van der Waals surface area contributed by atoms with E-state index in [9.17, 15) is 18.0 Å². The average molecular weight is 424 g/mol. The van der Waals surface area contributed by atoms with Gasteiger partial charge in [-0.3, -0.25) is 4.79 Å². The van der Waals surface area contributed by atoms with Crippen LogP contribution in [0.4, 0.5) is 13.2 Å². The molecule has 2 aliphatic carbocycles. The molecule has 2 aromatic rings. The number of carbonyl (C=O) groups is 1. The van der Waals surface area contributed by atoms with Gasteiger partial charge in [0.2, 0.25) is 5.88 Å². The summed E-state index contributed by atoms with van der Waals surface area (Å²) >= 11 is 5.96. The molecule has 2 aliphatic rings. The Morgan fingerprint density at radius 2 is 2.00 bits per heavy atom. The maximum Gasteiger partial charge on any atom is 0.417 e. The molecule has 0 saturated heterocycles. The lowest BCUT2D eigenvalue weighted by Crippen LogP contribution is -2.27. The summed E-state index contributed by atoms with van der Waals surface area (Å²) in [4.78, 5) is 16.7. The molecule has 154 valence electrons. The molecule has 0 aliphatic heterocycles. The van der Waals surface area contributed by atoms with Gasteiger partial charge in [-0.25, -0.2) is 4.98 Å². The largest absolute Gasteiger partial charge is 0.438 e. The highest BCUT2D eigenvalue weighted by molar-refractivity contribution is 6.31. The van der Waals surface area contributed by atoms with E-state index in [0.29, 0.717) is 23.6 Å². The van der Waals surface area contributed by atoms with Gasteiger partial charge in [-0.1, -0.05) is 24.6 Å². The molecule has 3 unspecified atom stereocenters. The monoisotopic (exact) mass is 423 g/mol. The molecule has 1 aromatic carbocycles. The van der Waals surface area contributed by atoms with Crippen molar-refractivity contribution in [2.24, 2.45) is 11.8 Å². The maximum atomic E-state index is 12.9. The zero-order valence-corrected chi connectivity index (χ0v) is 16.7. The third-order valence-electron chi connectivity index (χ3n) is 6.08. The molecule has 1 heterocycles. The summed E-state index contributed by atoms with van der Waals surface area (Å²) in [5, 5.41) is -0.215. The molecule has 29 heavy (non-hydrogen) atoms. The number of hydrogen-bond acceptors (Lipinski definition) is 3. The van der Waals surface area contributed by atoms with Crippen molar-refractivity contribution in [1.29, 1.82) is 0 Å². The highest BCUT2D eigenvalue weighted by atomic mass is 35.5. The first-order valence-corrected chi connectivity index (χ1v) is 10.2. The molecular formula is C22H21ClF3NO2. The number of halogens is 4. The number of benzene rings is 1. The molecule has 0 N–H and O–H groups in total. The first kappa shape index (κ1) is 20.2. The summed E-state index contributed by atoms with van der Waals surface area (Å²) in [5.41, 5.74) is 1.11. The van der Waals surface area contributed by atoms with Crippen molar-refractivity contribution in [2.75, 3.05) is 0 Å². The fourth-order valence-corrected chi connectivity index (χ4v) is 4.82. The second-order valence-corrected chi connectivity index (χ2v) is 8.30. The number of alkyl halides is 3. The number of pyridine rings is 1. The standard InChI is InChI=1S/C22H21ClF3NO2/c1-2-13-5-6-16(29-21-19(23)9-15(11-27-21)22(24,25)26)10-17(13)18-8-12-3-4-14(7-12)20(18)28/h5-6,9-12,14,18H,2-4,7-8H2,1H3. The number of aromatic nitrogens is 1. The average Bonchev–Trinajstić information content (AvgIpc) is 3.09. The van der Waals surface area contributed by atoms with Crippen LogP contribution in [-0.4, -0.2) is 10.8 Å². The minimum Gasteiger partial charge on any atom is -0.438 e. The number of ketones is 1. The Kier molecular flexibility index (Phi) is 5.32. The summed E-state index contributed by atoms with van der Waals surface area (Å²) in [6.45, 7) is 2.04. The fraction of sp³-hybridized carbons (Fsp3) is 0.455. The van der Waals surface area contributed by atoms with Crippen molar-refractivity contribution < 1.29 is 22.7 Å². The minimum atomic E-state index is -4.52. The highest BCUT2D eigenvalue weighted by Gasteiger charge is 2.42. The number of hydrogen-bond donors (Lipinski definition) is 0. The van der Waals surface area contributed by atoms with Gasteiger partial charge in [-0.05, 0) is 67.3 Å². The van der Waals surface area contributed by atoms with Crippen LogP contribution >= 0.6 is 11.6 Å². The van der Waals surface area contributed by atoms with Gasteiger partial charge in [0.25, 0.3) is 0 Å². The van der Waals surface area contributed by atoms with Gasteiger partial charge in [-0.15, -0.1) is 0 Å². The maximum absolute atomic E-state index is 12.9. The van der Waals surface area contributed by atoms with E-state index in [4.69, 9.17) is 16.3 Å². The lowest BCUT2D eigenvalue weighted by molar-refractivity contribution is -0.137. The van der Waals surface area contributed by atoms with E-state index < -0.39 is 11.7 Å². The van der Waals surface area contributed by atoms with Crippen LogP contribution in [0.25, 0.3) is 0 Å². The van der Waals surface area contributed by atoms with E-state index in [2.05, 4.69) is 4.98 Å². The fourth-order valence-electron chi connectivity index (χ4n) is 4.61. The van der Waals surface area contributed by atoms with E-state index in [1.165, 1.54) is 0 Å². The van der Waals surface area contributed by atoms with Crippen molar-refractivity contribution in [2.45, 2.75) is 51.1 Å². The predicted molar refractivity (Wildman–Crippen MR) is 103 cm³/mol. The summed E-state index contributed by atoms with van der Waals surface area (Å²) < 4.78 is 44.1. The molecule has 0 amide bonds. The van der Waals surface area contributed by atoms with Crippen molar-refractivity contribution >= 4 is 17.4 Å². The quantitative estimate of drug-likeness (QED) is 0.557. The number of fused-ring (bicyclic) bond motifs is 2. The Balaban J connectivity index is 1.63. The Morgan fingerprint density at radius 3 is 2.69 bits per heavy atom. The summed E-state index contributed by atoms with van der Waals surface area (Å²) in [6, 6.07) is 6.27. The van der Waals surface area contributed by atoms with Gasteiger partial charge < -0.3 is 4.74 Å². The smallest absolute Gasteiger partial charge is 0.417 e. The van der Waals surface area contributed by atoms with Gasteiger partial charge in [0, 0.05) is 18.0 Å². The first-order chi connectivity index (χ1) is 13.8. The minimum absolute atomic E-state index is 0.0927. The van der Waals surface area contributed by atoms with Gasteiger partial charge in [0.1, 0.15) is 16.6 Å². The molecule has 0 radical (unpaired) electrons. The van der Waals surface area contributed by atoms with Gasteiger partial charge in [0.15, 0.2) is 0 Å². The number of carbonyl (C=O) groups excluding carboxylic acids is 1. The van der Waals surface area contributed by atoms with Crippen molar-refractivity contribution in [3.05, 3.63) is 52.2 Å². The van der Waals surface area contributed by atoms with Gasteiger partial charge in [-0.2, -0.15) is 13.2 Å². The van der Waals surface area contributed by atoms with Crippen LogP contribution in [0.3, 0.4) is 0 Å². The first-order valence-electron chi connectivity index (χ1n) is 9.83. The van der Waals surface area contributed by atoms with Crippen LogP contribution < -0.4 is 4.74 Å². The number of ether oxygens (including phenoxy) is 1. The lowest BCUT2D eigenvalue weighted by atomic mass is 9.75. The number of aryl methyl sites for hydroxylation is 1. The lowest BCUT2D eigenvalue weighted by Gasteiger charge is -2.28. The van der Waals surface area contributed by atoms with E-state index >= 15 is 0 Å². The van der Waals surface area contributed by atoms with Crippen LogP contribution in [-0.2, 0) is 17.4 Å². The van der Waals surface area contributed by atoms with Crippen molar-refractivity contribution in [3.8, 4) is 11.6 Å². The van der Waals surface area contributed by atoms with Crippen LogP contribution in [0.1, 0.15) is 55.2 Å². The third kappa shape index (κ3) is 4.00. The van der Waals surface area contributed by atoms with Crippen LogP contribution in [0.2, 0.25) is 5.02 Å². The Labute approximate surface area is 172 Å². The van der Waals surface area contributed by atoms with E-state index in [1.54, 1.807) is 6.07 Å². The molecule has 2 fully saturated rings. The zero-order chi connectivity index (χ0) is 20.8. The van der Waals surface area contributed by atoms with E-state index in [-0.39, 0.29) is 22.7 Å². The van der Waals surface area contributed by atoms with Crippen molar-refractivity contribution in [1.82, 2.24) is 4.98 Å². The van der Waals surface area contributed by atoms with Crippen LogP contribution in [0, 0.1) is 11.8 Å². The van der Waals surface area contributed by atoms with Gasteiger partial charge in [0.05, 0.1) is 5.56 Å². The molecular weight excluding hydrogens is 403 g/mol. The SMILES string of the molecule is CCc1ccc(Oc2ncc(C(F)(F)F)cc2Cl)cc1C1CC2CCC(C2)C1=O. The third-order valence-corrected chi connectivity index (χ3v) is 6.35.